The minimum absolute atomic E-state index is 0.0929. The van der Waals surface area contributed by atoms with Gasteiger partial charge < -0.3 is 20.2 Å². The van der Waals surface area contributed by atoms with Gasteiger partial charge in [-0.3, -0.25) is 4.79 Å². The molecular formula is C11H12ClNO4. The molecule has 6 heteroatoms. The number of hydrogen-bond acceptors (Lipinski definition) is 4. The standard InChI is InChI=1S/C11H12ClNO4/c12-7-3-6(1-2-8(7)14)11(17)13-4-9(15)10(16)5-13/h1-3,9-10,14-16H,4-5H2/t9-,10+. The van der Waals surface area contributed by atoms with E-state index in [-0.39, 0.29) is 29.8 Å². The number of amides is 1. The topological polar surface area (TPSA) is 81.0 Å². The molecule has 1 heterocycles. The Bertz CT molecular complexity index is 441. The molecule has 1 amide bonds. The van der Waals surface area contributed by atoms with Gasteiger partial charge in [0, 0.05) is 18.7 Å². The lowest BCUT2D eigenvalue weighted by Crippen LogP contribution is -2.29. The van der Waals surface area contributed by atoms with Crippen LogP contribution in [-0.4, -0.2) is 51.4 Å². The molecule has 2 rings (SSSR count). The first-order valence-electron chi connectivity index (χ1n) is 5.13. The first-order valence-corrected chi connectivity index (χ1v) is 5.51. The van der Waals surface area contributed by atoms with Gasteiger partial charge in [-0.1, -0.05) is 11.6 Å². The van der Waals surface area contributed by atoms with Gasteiger partial charge in [0.1, 0.15) is 5.75 Å². The van der Waals surface area contributed by atoms with Crippen LogP contribution in [0.25, 0.3) is 0 Å². The zero-order valence-electron chi connectivity index (χ0n) is 8.88. The van der Waals surface area contributed by atoms with Crippen molar-refractivity contribution < 1.29 is 20.1 Å². The maximum Gasteiger partial charge on any atom is 0.254 e. The van der Waals surface area contributed by atoms with Gasteiger partial charge in [0.05, 0.1) is 17.2 Å². The zero-order valence-corrected chi connectivity index (χ0v) is 9.63. The lowest BCUT2D eigenvalue weighted by Gasteiger charge is -2.15. The van der Waals surface area contributed by atoms with E-state index in [1.54, 1.807) is 0 Å². The number of phenols is 1. The third-order valence-electron chi connectivity index (χ3n) is 2.74. The van der Waals surface area contributed by atoms with Crippen LogP contribution in [0.3, 0.4) is 0 Å². The molecule has 92 valence electrons. The van der Waals surface area contributed by atoms with E-state index >= 15 is 0 Å². The van der Waals surface area contributed by atoms with Crippen molar-refractivity contribution >= 4 is 17.5 Å². The Balaban J connectivity index is 2.17. The van der Waals surface area contributed by atoms with E-state index in [0.717, 1.165) is 0 Å². The molecule has 0 spiro atoms. The predicted molar refractivity (Wildman–Crippen MR) is 61.0 cm³/mol. The number of benzene rings is 1. The van der Waals surface area contributed by atoms with E-state index in [0.29, 0.717) is 5.56 Å². The van der Waals surface area contributed by atoms with Gasteiger partial charge in [-0.15, -0.1) is 0 Å². The highest BCUT2D eigenvalue weighted by Gasteiger charge is 2.32. The minimum Gasteiger partial charge on any atom is -0.506 e. The lowest BCUT2D eigenvalue weighted by molar-refractivity contribution is 0.0572. The fraction of sp³-hybridized carbons (Fsp3) is 0.364. The number of likely N-dealkylation sites (tertiary alicyclic amines) is 1. The van der Waals surface area contributed by atoms with Crippen LogP contribution in [0.1, 0.15) is 10.4 Å². The minimum atomic E-state index is -0.911. The number of halogens is 1. The van der Waals surface area contributed by atoms with Crippen molar-refractivity contribution in [3.63, 3.8) is 0 Å². The largest absolute Gasteiger partial charge is 0.506 e. The van der Waals surface area contributed by atoms with Gasteiger partial charge in [0.15, 0.2) is 0 Å². The van der Waals surface area contributed by atoms with Gasteiger partial charge >= 0.3 is 0 Å². The molecule has 2 atom stereocenters. The number of hydrogen-bond donors (Lipinski definition) is 3. The number of aliphatic hydroxyl groups excluding tert-OH is 2. The second kappa shape index (κ2) is 4.52. The van der Waals surface area contributed by atoms with Crippen LogP contribution in [0.2, 0.25) is 5.02 Å². The van der Waals surface area contributed by atoms with Gasteiger partial charge in [0.2, 0.25) is 0 Å². The summed E-state index contributed by atoms with van der Waals surface area (Å²) in [5.41, 5.74) is 0.314. The summed E-state index contributed by atoms with van der Waals surface area (Å²) in [4.78, 5) is 13.3. The summed E-state index contributed by atoms with van der Waals surface area (Å²) < 4.78 is 0. The third kappa shape index (κ3) is 2.36. The lowest BCUT2D eigenvalue weighted by atomic mass is 10.2. The van der Waals surface area contributed by atoms with Gasteiger partial charge in [-0.2, -0.15) is 0 Å². The average Bonchev–Trinajstić information content (AvgIpc) is 2.62. The molecule has 0 aliphatic carbocycles. The van der Waals surface area contributed by atoms with Crippen molar-refractivity contribution in [3.05, 3.63) is 28.8 Å². The Kier molecular flexibility index (Phi) is 3.24. The molecule has 0 radical (unpaired) electrons. The molecular weight excluding hydrogens is 246 g/mol. The second-order valence-electron chi connectivity index (χ2n) is 4.01. The highest BCUT2D eigenvalue weighted by molar-refractivity contribution is 6.32. The third-order valence-corrected chi connectivity index (χ3v) is 3.04. The first-order chi connectivity index (χ1) is 7.99. The Hall–Kier alpha value is -1.30. The SMILES string of the molecule is O=C(c1ccc(O)c(Cl)c1)N1C[C@@H](O)[C@@H](O)C1. The molecule has 17 heavy (non-hydrogen) atoms. The molecule has 0 unspecified atom stereocenters. The van der Waals surface area contributed by atoms with Crippen molar-refractivity contribution in [1.82, 2.24) is 4.90 Å². The van der Waals surface area contributed by atoms with E-state index < -0.39 is 12.2 Å². The molecule has 5 nitrogen and oxygen atoms in total. The number of carbonyl (C=O) groups excluding carboxylic acids is 1. The number of nitrogens with zero attached hydrogens (tertiary/aromatic N) is 1. The molecule has 1 saturated heterocycles. The molecule has 1 aromatic rings. The summed E-state index contributed by atoms with van der Waals surface area (Å²) >= 11 is 5.70. The van der Waals surface area contributed by atoms with Crippen LogP contribution in [0.5, 0.6) is 5.75 Å². The second-order valence-corrected chi connectivity index (χ2v) is 4.42. The van der Waals surface area contributed by atoms with E-state index in [4.69, 9.17) is 11.6 Å². The number of carbonyl (C=O) groups is 1. The number of aromatic hydroxyl groups is 1. The van der Waals surface area contributed by atoms with Crippen LogP contribution in [0.4, 0.5) is 0 Å². The molecule has 3 N–H and O–H groups in total. The number of phenolic OH excluding ortho intramolecular Hbond substituents is 1. The number of β-amino-alcohol motifs (C(OH)–C–C–N with tert-alkyl or cyclic N) is 2. The highest BCUT2D eigenvalue weighted by atomic mass is 35.5. The van der Waals surface area contributed by atoms with Crippen molar-refractivity contribution in [2.45, 2.75) is 12.2 Å². The molecule has 0 saturated carbocycles. The summed E-state index contributed by atoms with van der Waals surface area (Å²) in [7, 11) is 0. The maximum absolute atomic E-state index is 12.0. The smallest absolute Gasteiger partial charge is 0.254 e. The van der Waals surface area contributed by atoms with E-state index in [9.17, 15) is 20.1 Å². The molecule has 1 fully saturated rings. The summed E-state index contributed by atoms with van der Waals surface area (Å²) in [5, 5.41) is 28.0. The van der Waals surface area contributed by atoms with E-state index in [1.165, 1.54) is 23.1 Å². The first kappa shape index (κ1) is 12.2. The zero-order chi connectivity index (χ0) is 12.6. The van der Waals surface area contributed by atoms with Crippen LogP contribution in [0, 0.1) is 0 Å². The Morgan fingerprint density at radius 3 is 2.41 bits per heavy atom. The highest BCUT2D eigenvalue weighted by Crippen LogP contribution is 2.25. The number of aliphatic hydroxyl groups is 2. The molecule has 0 aromatic heterocycles. The maximum atomic E-state index is 12.0. The fourth-order valence-corrected chi connectivity index (χ4v) is 1.94. The predicted octanol–water partition coefficient (Wildman–Crippen LogP) is 0.223. The molecule has 0 bridgehead atoms. The van der Waals surface area contributed by atoms with Gasteiger partial charge in [0.25, 0.3) is 5.91 Å². The summed E-state index contributed by atoms with van der Waals surface area (Å²) in [6.07, 6.45) is -1.82. The van der Waals surface area contributed by atoms with E-state index in [2.05, 4.69) is 0 Å². The van der Waals surface area contributed by atoms with Crippen LogP contribution >= 0.6 is 11.6 Å². The quantitative estimate of drug-likeness (QED) is 0.672. The number of rotatable bonds is 1. The van der Waals surface area contributed by atoms with Crippen molar-refractivity contribution in [2.75, 3.05) is 13.1 Å². The molecule has 1 aliphatic heterocycles. The molecule has 1 aromatic carbocycles. The fourth-order valence-electron chi connectivity index (χ4n) is 1.76. The van der Waals surface area contributed by atoms with Crippen molar-refractivity contribution in [1.29, 1.82) is 0 Å². The Labute approximate surface area is 103 Å². The average molecular weight is 258 g/mol. The Morgan fingerprint density at radius 2 is 1.88 bits per heavy atom. The van der Waals surface area contributed by atoms with Crippen LogP contribution in [0.15, 0.2) is 18.2 Å². The summed E-state index contributed by atoms with van der Waals surface area (Å²) in [5.74, 6) is -0.424. The Morgan fingerprint density at radius 1 is 1.29 bits per heavy atom. The monoisotopic (exact) mass is 257 g/mol. The van der Waals surface area contributed by atoms with Crippen LogP contribution in [-0.2, 0) is 0 Å². The van der Waals surface area contributed by atoms with Gasteiger partial charge in [-0.05, 0) is 18.2 Å². The molecule has 1 aliphatic rings. The van der Waals surface area contributed by atoms with Crippen molar-refractivity contribution in [2.24, 2.45) is 0 Å². The summed E-state index contributed by atoms with van der Waals surface area (Å²) in [6.45, 7) is 0.191. The summed E-state index contributed by atoms with van der Waals surface area (Å²) in [6, 6.07) is 4.13. The van der Waals surface area contributed by atoms with Crippen molar-refractivity contribution in [3.8, 4) is 5.75 Å². The van der Waals surface area contributed by atoms with Crippen LogP contribution < -0.4 is 0 Å². The normalized spacial score (nSPS) is 24.1. The van der Waals surface area contributed by atoms with Gasteiger partial charge in [-0.25, -0.2) is 0 Å². The van der Waals surface area contributed by atoms with E-state index in [1.807, 2.05) is 0 Å².